The molecule has 0 aromatic carbocycles. The van der Waals surface area contributed by atoms with E-state index in [1.54, 1.807) is 18.3 Å². The van der Waals surface area contributed by atoms with Crippen LogP contribution in [0.4, 0.5) is 0 Å². The van der Waals surface area contributed by atoms with Crippen molar-refractivity contribution in [3.8, 4) is 11.4 Å². The number of fused-ring (bicyclic) bond motifs is 1. The van der Waals surface area contributed by atoms with Gasteiger partial charge in [-0.05, 0) is 31.4 Å². The van der Waals surface area contributed by atoms with Gasteiger partial charge in [-0.25, -0.2) is 14.6 Å². The molecular formula is C17H18ClN5O. The molecule has 0 unspecified atom stereocenters. The zero-order valence-electron chi connectivity index (χ0n) is 13.4. The van der Waals surface area contributed by atoms with E-state index in [-0.39, 0.29) is 5.56 Å². The zero-order chi connectivity index (χ0) is 16.7. The Balaban J connectivity index is 1.95. The second-order valence-electron chi connectivity index (χ2n) is 6.16. The minimum Gasteiger partial charge on any atom is -0.306 e. The minimum absolute atomic E-state index is 0.149. The molecule has 6 nitrogen and oxygen atoms in total. The summed E-state index contributed by atoms with van der Waals surface area (Å²) in [5.74, 6) is 0.499. The van der Waals surface area contributed by atoms with Gasteiger partial charge in [-0.15, -0.1) is 0 Å². The number of halogens is 1. The third-order valence-corrected chi connectivity index (χ3v) is 4.85. The Labute approximate surface area is 143 Å². The van der Waals surface area contributed by atoms with Crippen molar-refractivity contribution in [2.75, 3.05) is 0 Å². The van der Waals surface area contributed by atoms with E-state index in [4.69, 9.17) is 21.7 Å². The van der Waals surface area contributed by atoms with E-state index in [0.29, 0.717) is 34.5 Å². The molecule has 1 N–H and O–H groups in total. The van der Waals surface area contributed by atoms with Gasteiger partial charge in [-0.2, -0.15) is 5.10 Å². The van der Waals surface area contributed by atoms with Crippen LogP contribution in [0.1, 0.15) is 44.3 Å². The van der Waals surface area contributed by atoms with Crippen LogP contribution in [-0.2, 0) is 6.42 Å². The fourth-order valence-electron chi connectivity index (χ4n) is 3.45. The van der Waals surface area contributed by atoms with Gasteiger partial charge in [0, 0.05) is 11.8 Å². The van der Waals surface area contributed by atoms with Gasteiger partial charge in [0.1, 0.15) is 16.4 Å². The Morgan fingerprint density at radius 1 is 1.38 bits per heavy atom. The highest BCUT2D eigenvalue weighted by atomic mass is 35.5. The highest BCUT2D eigenvalue weighted by molar-refractivity contribution is 6.29. The second kappa shape index (κ2) is 6.02. The first-order valence-corrected chi connectivity index (χ1v) is 8.68. The Morgan fingerprint density at radius 2 is 2.17 bits per heavy atom. The average molecular weight is 344 g/mol. The second-order valence-corrected chi connectivity index (χ2v) is 6.55. The van der Waals surface area contributed by atoms with Gasteiger partial charge in [0.05, 0.1) is 11.7 Å². The molecule has 3 heterocycles. The Bertz CT molecular complexity index is 955. The van der Waals surface area contributed by atoms with E-state index >= 15 is 0 Å². The molecule has 3 aromatic rings. The summed E-state index contributed by atoms with van der Waals surface area (Å²) < 4.78 is 1.96. The summed E-state index contributed by atoms with van der Waals surface area (Å²) in [6.07, 6.45) is 6.89. The largest absolute Gasteiger partial charge is 0.306 e. The smallest absolute Gasteiger partial charge is 0.262 e. The first-order chi connectivity index (χ1) is 11.7. The van der Waals surface area contributed by atoms with Gasteiger partial charge < -0.3 is 4.98 Å². The number of aromatic amines is 1. The molecule has 7 heteroatoms. The lowest BCUT2D eigenvalue weighted by Crippen LogP contribution is -2.12. The van der Waals surface area contributed by atoms with Crippen LogP contribution >= 0.6 is 11.6 Å². The number of hydrogen-bond acceptors (Lipinski definition) is 4. The number of pyridine rings is 1. The predicted octanol–water partition coefficient (Wildman–Crippen LogP) is 3.51. The van der Waals surface area contributed by atoms with Crippen molar-refractivity contribution in [3.05, 3.63) is 39.5 Å². The molecule has 124 valence electrons. The number of rotatable bonds is 3. The monoisotopic (exact) mass is 343 g/mol. The molecule has 1 aliphatic carbocycles. The fraction of sp³-hybridized carbons (Fsp3) is 0.412. The lowest BCUT2D eigenvalue weighted by molar-refractivity contribution is 0.474. The van der Waals surface area contributed by atoms with E-state index in [1.165, 1.54) is 12.8 Å². The quantitative estimate of drug-likeness (QED) is 0.738. The van der Waals surface area contributed by atoms with Crippen molar-refractivity contribution in [3.63, 3.8) is 0 Å². The van der Waals surface area contributed by atoms with Crippen molar-refractivity contribution in [2.45, 2.75) is 45.1 Å². The molecule has 0 radical (unpaired) electrons. The van der Waals surface area contributed by atoms with E-state index in [0.717, 1.165) is 24.1 Å². The van der Waals surface area contributed by atoms with Crippen LogP contribution in [0.3, 0.4) is 0 Å². The summed E-state index contributed by atoms with van der Waals surface area (Å²) in [5, 5.41) is 5.67. The summed E-state index contributed by atoms with van der Waals surface area (Å²) in [6.45, 7) is 2.01. The molecule has 24 heavy (non-hydrogen) atoms. The number of aryl methyl sites for hydroxylation is 1. The summed E-state index contributed by atoms with van der Waals surface area (Å²) >= 11 is 5.97. The molecule has 4 rings (SSSR count). The lowest BCUT2D eigenvalue weighted by Gasteiger charge is -2.11. The van der Waals surface area contributed by atoms with Crippen molar-refractivity contribution < 1.29 is 0 Å². The van der Waals surface area contributed by atoms with E-state index in [9.17, 15) is 4.79 Å². The van der Waals surface area contributed by atoms with Crippen LogP contribution in [-0.4, -0.2) is 24.7 Å². The maximum atomic E-state index is 12.7. The molecular weight excluding hydrogens is 326 g/mol. The number of hydrogen-bond donors (Lipinski definition) is 1. The Hall–Kier alpha value is -2.21. The van der Waals surface area contributed by atoms with Crippen LogP contribution in [0.15, 0.2) is 23.1 Å². The first-order valence-electron chi connectivity index (χ1n) is 8.30. The van der Waals surface area contributed by atoms with Crippen LogP contribution in [0, 0.1) is 0 Å². The van der Waals surface area contributed by atoms with Crippen LogP contribution in [0.5, 0.6) is 0 Å². The molecule has 0 bridgehead atoms. The van der Waals surface area contributed by atoms with E-state index in [2.05, 4.69) is 9.97 Å². The molecule has 0 amide bonds. The standard InChI is InChI=1S/C17H18ClN5O/c1-2-12-14-16(23(22-12)11-5-3-4-6-11)20-15(21-17(14)24)10-7-8-19-13(18)9-10/h7-9,11H,2-6H2,1H3,(H,20,21,24). The molecule has 1 aliphatic rings. The van der Waals surface area contributed by atoms with Crippen LogP contribution in [0.25, 0.3) is 22.4 Å². The topological polar surface area (TPSA) is 76.5 Å². The normalized spacial score (nSPS) is 15.4. The van der Waals surface area contributed by atoms with Gasteiger partial charge in [0.25, 0.3) is 5.56 Å². The summed E-state index contributed by atoms with van der Waals surface area (Å²) in [7, 11) is 0. The van der Waals surface area contributed by atoms with Crippen LogP contribution in [0.2, 0.25) is 5.15 Å². The first kappa shape index (κ1) is 15.3. The molecule has 0 saturated heterocycles. The number of aromatic nitrogens is 5. The van der Waals surface area contributed by atoms with Gasteiger partial charge in [-0.1, -0.05) is 31.4 Å². The minimum atomic E-state index is -0.149. The predicted molar refractivity (Wildman–Crippen MR) is 93.3 cm³/mol. The number of nitrogens with one attached hydrogen (secondary N) is 1. The van der Waals surface area contributed by atoms with Crippen molar-refractivity contribution in [2.24, 2.45) is 0 Å². The number of H-pyrrole nitrogens is 1. The number of nitrogens with zero attached hydrogens (tertiary/aromatic N) is 4. The van der Waals surface area contributed by atoms with Crippen molar-refractivity contribution >= 4 is 22.6 Å². The molecule has 3 aromatic heterocycles. The van der Waals surface area contributed by atoms with Crippen molar-refractivity contribution in [1.82, 2.24) is 24.7 Å². The van der Waals surface area contributed by atoms with Crippen LogP contribution < -0.4 is 5.56 Å². The highest BCUT2D eigenvalue weighted by Gasteiger charge is 2.24. The van der Waals surface area contributed by atoms with Gasteiger partial charge in [0.2, 0.25) is 0 Å². The maximum absolute atomic E-state index is 12.7. The van der Waals surface area contributed by atoms with Gasteiger partial charge in [0.15, 0.2) is 5.65 Å². The lowest BCUT2D eigenvalue weighted by atomic mass is 10.2. The van der Waals surface area contributed by atoms with Gasteiger partial charge >= 0.3 is 0 Å². The Kier molecular flexibility index (Phi) is 3.84. The van der Waals surface area contributed by atoms with E-state index < -0.39 is 0 Å². The fourth-order valence-corrected chi connectivity index (χ4v) is 3.63. The molecule has 0 atom stereocenters. The summed E-state index contributed by atoms with van der Waals surface area (Å²) in [4.78, 5) is 24.2. The summed E-state index contributed by atoms with van der Waals surface area (Å²) in [5.41, 5.74) is 2.07. The molecule has 0 aliphatic heterocycles. The highest BCUT2D eigenvalue weighted by Crippen LogP contribution is 2.32. The molecule has 1 fully saturated rings. The SMILES string of the molecule is CCc1nn(C2CCCC2)c2nc(-c3ccnc(Cl)c3)[nH]c(=O)c12. The summed E-state index contributed by atoms with van der Waals surface area (Å²) in [6, 6.07) is 3.81. The third-order valence-electron chi connectivity index (χ3n) is 4.64. The molecule has 1 saturated carbocycles. The Morgan fingerprint density at radius 3 is 2.88 bits per heavy atom. The van der Waals surface area contributed by atoms with Gasteiger partial charge in [-0.3, -0.25) is 4.79 Å². The average Bonchev–Trinajstić information content (AvgIpc) is 3.22. The maximum Gasteiger partial charge on any atom is 0.262 e. The van der Waals surface area contributed by atoms with Crippen molar-refractivity contribution in [1.29, 1.82) is 0 Å². The third kappa shape index (κ3) is 2.51. The van der Waals surface area contributed by atoms with E-state index in [1.807, 2.05) is 11.6 Å². The molecule has 0 spiro atoms. The zero-order valence-corrected chi connectivity index (χ0v) is 14.2.